The Morgan fingerprint density at radius 1 is 1.23 bits per heavy atom. The number of hydrogen-bond donors (Lipinski definition) is 4. The van der Waals surface area contributed by atoms with Gasteiger partial charge in [0.2, 0.25) is 5.60 Å². The number of aliphatic hydroxyl groups is 1. The second-order valence-corrected chi connectivity index (χ2v) is 7.70. The summed E-state index contributed by atoms with van der Waals surface area (Å²) in [5.74, 6) is 0. The predicted molar refractivity (Wildman–Crippen MR) is 111 cm³/mol. The first-order valence-electron chi connectivity index (χ1n) is 9.71. The first-order valence-corrected chi connectivity index (χ1v) is 9.71. The van der Waals surface area contributed by atoms with Crippen molar-refractivity contribution in [3.63, 3.8) is 0 Å². The summed E-state index contributed by atoms with van der Waals surface area (Å²) in [4.78, 5) is 12.0. The number of aryl methyl sites for hydroxylation is 1. The normalized spacial score (nSPS) is 16.0. The lowest BCUT2D eigenvalue weighted by molar-refractivity contribution is -0.247. The van der Waals surface area contributed by atoms with Gasteiger partial charge in [-0.2, -0.15) is 13.2 Å². The third-order valence-electron chi connectivity index (χ3n) is 5.48. The van der Waals surface area contributed by atoms with Gasteiger partial charge in [-0.15, -0.1) is 0 Å². The van der Waals surface area contributed by atoms with Crippen LogP contribution >= 0.6 is 0 Å². The molecule has 4 N–H and O–H groups in total. The highest BCUT2D eigenvalue weighted by Gasteiger charge is 2.57. The van der Waals surface area contributed by atoms with Crippen LogP contribution in [0, 0.1) is 5.41 Å². The van der Waals surface area contributed by atoms with Gasteiger partial charge in [-0.05, 0) is 36.6 Å². The lowest BCUT2D eigenvalue weighted by Gasteiger charge is -2.31. The molecule has 1 aromatic heterocycles. The van der Waals surface area contributed by atoms with Crippen molar-refractivity contribution >= 4 is 28.8 Å². The van der Waals surface area contributed by atoms with Crippen molar-refractivity contribution in [2.45, 2.75) is 30.7 Å². The van der Waals surface area contributed by atoms with Crippen LogP contribution in [0.15, 0.2) is 48.7 Å². The Morgan fingerprint density at radius 2 is 1.94 bits per heavy atom. The number of anilines is 1. The summed E-state index contributed by atoms with van der Waals surface area (Å²) in [7, 11) is 1.61. The van der Waals surface area contributed by atoms with Gasteiger partial charge in [-0.1, -0.05) is 24.3 Å². The molecule has 1 unspecified atom stereocenters. The average Bonchev–Trinajstić information content (AvgIpc) is 3.48. The average molecular weight is 430 g/mol. The number of rotatable bonds is 5. The number of amides is 2. The van der Waals surface area contributed by atoms with Crippen LogP contribution in [0.4, 0.5) is 23.7 Å². The molecule has 3 aromatic rings. The SMILES string of the molecule is Cn1cc(C(O)(c2ccc(NC(=O)NC3CC3)c(C=N)c2)C(F)(F)F)c2ccccc21. The maximum absolute atomic E-state index is 14.3. The molecule has 2 aromatic carbocycles. The molecule has 0 aliphatic heterocycles. The number of fused-ring (bicyclic) bond motifs is 1. The van der Waals surface area contributed by atoms with Crippen molar-refractivity contribution < 1.29 is 23.1 Å². The zero-order chi connectivity index (χ0) is 22.4. The van der Waals surface area contributed by atoms with E-state index in [9.17, 15) is 23.1 Å². The number of nitrogens with zero attached hydrogens (tertiary/aromatic N) is 1. The molecule has 1 heterocycles. The summed E-state index contributed by atoms with van der Waals surface area (Å²) in [5, 5.41) is 24.3. The highest BCUT2D eigenvalue weighted by Crippen LogP contribution is 2.47. The second-order valence-electron chi connectivity index (χ2n) is 7.70. The first-order chi connectivity index (χ1) is 14.6. The van der Waals surface area contributed by atoms with Gasteiger partial charge in [0.25, 0.3) is 0 Å². The van der Waals surface area contributed by atoms with E-state index in [1.807, 2.05) is 0 Å². The second kappa shape index (κ2) is 7.42. The Kier molecular flexibility index (Phi) is 5.01. The number of carbonyl (C=O) groups excluding carboxylic acids is 1. The zero-order valence-electron chi connectivity index (χ0n) is 16.6. The Morgan fingerprint density at radius 3 is 2.58 bits per heavy atom. The Bertz CT molecular complexity index is 1170. The largest absolute Gasteiger partial charge is 0.425 e. The topological polar surface area (TPSA) is 90.1 Å². The highest BCUT2D eigenvalue weighted by molar-refractivity contribution is 5.96. The fourth-order valence-electron chi connectivity index (χ4n) is 3.69. The van der Waals surface area contributed by atoms with E-state index in [-0.39, 0.29) is 28.2 Å². The van der Waals surface area contributed by atoms with Gasteiger partial charge in [-0.25, -0.2) is 4.79 Å². The molecule has 0 spiro atoms. The number of aromatic nitrogens is 1. The summed E-state index contributed by atoms with van der Waals surface area (Å²) in [6.07, 6.45) is -1.16. The molecule has 1 fully saturated rings. The van der Waals surface area contributed by atoms with Crippen LogP contribution in [0.1, 0.15) is 29.5 Å². The quantitative estimate of drug-likeness (QED) is 0.456. The van der Waals surface area contributed by atoms with E-state index < -0.39 is 23.4 Å². The molecule has 6 nitrogen and oxygen atoms in total. The molecule has 2 amide bonds. The van der Waals surface area contributed by atoms with Crippen molar-refractivity contribution in [1.82, 2.24) is 9.88 Å². The van der Waals surface area contributed by atoms with Gasteiger partial charge in [0.1, 0.15) is 0 Å². The van der Waals surface area contributed by atoms with E-state index in [4.69, 9.17) is 5.41 Å². The Balaban J connectivity index is 1.81. The van der Waals surface area contributed by atoms with Gasteiger partial charge in [-0.3, -0.25) is 0 Å². The van der Waals surface area contributed by atoms with Crippen molar-refractivity contribution in [1.29, 1.82) is 5.41 Å². The lowest BCUT2D eigenvalue weighted by Crippen LogP contribution is -2.43. The number of para-hydroxylation sites is 1. The minimum atomic E-state index is -5.03. The fourth-order valence-corrected chi connectivity index (χ4v) is 3.69. The van der Waals surface area contributed by atoms with Crippen LogP contribution in [0.25, 0.3) is 10.9 Å². The molecule has 1 atom stereocenters. The molecule has 0 radical (unpaired) electrons. The highest BCUT2D eigenvalue weighted by atomic mass is 19.4. The number of benzene rings is 2. The molecule has 0 saturated heterocycles. The molecule has 0 bridgehead atoms. The van der Waals surface area contributed by atoms with E-state index >= 15 is 0 Å². The van der Waals surface area contributed by atoms with Gasteiger partial charge in [0, 0.05) is 47.5 Å². The van der Waals surface area contributed by atoms with Gasteiger partial charge in [0.15, 0.2) is 0 Å². The smallest absolute Gasteiger partial charge is 0.372 e. The summed E-state index contributed by atoms with van der Waals surface area (Å²) in [5.41, 5.74) is -3.28. The van der Waals surface area contributed by atoms with Gasteiger partial charge < -0.3 is 25.7 Å². The summed E-state index contributed by atoms with van der Waals surface area (Å²) in [6, 6.07) is 9.59. The molecule has 4 rings (SSSR count). The van der Waals surface area contributed by atoms with E-state index in [0.717, 1.165) is 31.2 Å². The summed E-state index contributed by atoms with van der Waals surface area (Å²) < 4.78 is 44.5. The first kappa shape index (κ1) is 20.9. The minimum Gasteiger partial charge on any atom is -0.372 e. The maximum atomic E-state index is 14.3. The molecule has 1 saturated carbocycles. The molecule has 31 heavy (non-hydrogen) atoms. The zero-order valence-corrected chi connectivity index (χ0v) is 16.6. The number of alkyl halides is 3. The number of hydrogen-bond acceptors (Lipinski definition) is 3. The van der Waals surface area contributed by atoms with Crippen LogP contribution < -0.4 is 10.6 Å². The number of carbonyl (C=O) groups is 1. The van der Waals surface area contributed by atoms with Crippen molar-refractivity contribution in [3.05, 3.63) is 65.4 Å². The minimum absolute atomic E-state index is 0.0476. The molecular weight excluding hydrogens is 409 g/mol. The van der Waals surface area contributed by atoms with Crippen molar-refractivity contribution in [3.8, 4) is 0 Å². The van der Waals surface area contributed by atoms with Crippen LogP contribution in [0.5, 0.6) is 0 Å². The number of urea groups is 1. The van der Waals surface area contributed by atoms with Crippen molar-refractivity contribution in [2.75, 3.05) is 5.32 Å². The summed E-state index contributed by atoms with van der Waals surface area (Å²) in [6.45, 7) is 0. The molecular formula is C22H21F3N4O2. The summed E-state index contributed by atoms with van der Waals surface area (Å²) >= 11 is 0. The lowest BCUT2D eigenvalue weighted by atomic mass is 9.84. The number of halogens is 3. The predicted octanol–water partition coefficient (Wildman–Crippen LogP) is 4.26. The van der Waals surface area contributed by atoms with Gasteiger partial charge in [0.05, 0.1) is 5.69 Å². The monoisotopic (exact) mass is 430 g/mol. The third kappa shape index (κ3) is 3.65. The maximum Gasteiger partial charge on any atom is 0.425 e. The van der Waals surface area contributed by atoms with Crippen LogP contribution in [-0.4, -0.2) is 34.1 Å². The van der Waals surface area contributed by atoms with E-state index in [1.165, 1.54) is 22.9 Å². The molecule has 9 heteroatoms. The third-order valence-corrected chi connectivity index (χ3v) is 5.48. The molecule has 162 valence electrons. The van der Waals surface area contributed by atoms with Crippen molar-refractivity contribution in [2.24, 2.45) is 7.05 Å². The van der Waals surface area contributed by atoms with Crippen LogP contribution in [0.2, 0.25) is 0 Å². The molecule has 1 aliphatic carbocycles. The van der Waals surface area contributed by atoms with Crippen LogP contribution in [0.3, 0.4) is 0 Å². The standard InChI is InChI=1S/C22H21F3N4O2/c1-29-12-17(16-4-2-3-5-19(16)29)21(31,22(23,24)25)14-6-9-18(13(10-14)11-26)28-20(30)27-15-7-8-15/h2-6,9-12,15,26,31H,7-8H2,1H3,(H2,27,28,30). The van der Waals surface area contributed by atoms with E-state index in [0.29, 0.717) is 5.52 Å². The van der Waals surface area contributed by atoms with Crippen LogP contribution in [-0.2, 0) is 12.6 Å². The Labute approximate surface area is 176 Å². The fraction of sp³-hybridized carbons (Fsp3) is 0.273. The van der Waals surface area contributed by atoms with Gasteiger partial charge >= 0.3 is 12.2 Å². The number of nitrogens with one attached hydrogen (secondary N) is 3. The van der Waals surface area contributed by atoms with E-state index in [1.54, 1.807) is 25.2 Å². The van der Waals surface area contributed by atoms with E-state index in [2.05, 4.69) is 10.6 Å². The molecule has 1 aliphatic rings. The Hall–Kier alpha value is -3.33.